The van der Waals surface area contributed by atoms with Crippen LogP contribution in [0, 0.1) is 0 Å². The van der Waals surface area contributed by atoms with Crippen molar-refractivity contribution in [3.05, 3.63) is 59.7 Å². The molecule has 4 N–H and O–H groups in total. The second kappa shape index (κ2) is 9.96. The van der Waals surface area contributed by atoms with Crippen molar-refractivity contribution < 1.29 is 29.0 Å². The molecule has 0 fully saturated rings. The zero-order chi connectivity index (χ0) is 20.5. The van der Waals surface area contributed by atoms with Crippen molar-refractivity contribution in [3.63, 3.8) is 0 Å². The normalized spacial score (nSPS) is 11.3. The van der Waals surface area contributed by atoms with Crippen molar-refractivity contribution in [1.29, 1.82) is 0 Å². The van der Waals surface area contributed by atoms with Crippen LogP contribution in [0.2, 0.25) is 0 Å². The van der Waals surface area contributed by atoms with Gasteiger partial charge in [0, 0.05) is 0 Å². The minimum Gasteiger partial charge on any atom is -0.493 e. The number of methoxy groups -OCH3 is 1. The second-order valence-electron chi connectivity index (χ2n) is 6.05. The molecule has 0 bridgehead atoms. The lowest BCUT2D eigenvalue weighted by molar-refractivity contribution is -0.137. The molecule has 148 valence electrons. The minimum absolute atomic E-state index is 0.133. The van der Waals surface area contributed by atoms with E-state index in [1.165, 1.54) is 13.2 Å². The molecule has 0 heterocycles. The van der Waals surface area contributed by atoms with E-state index in [-0.39, 0.29) is 31.1 Å². The standard InChI is InChI=1S/C20H22N2O6/c1-27-17-10-14(7-8-16(17)28-12-18(21)23)15(11-20(25)26)22-19(24)9-13-5-3-2-4-6-13/h2-8,10,15H,9,11-12H2,1H3,(H2,21,23)(H,22,24)(H,25,26)/t15-/m1/s1. The maximum atomic E-state index is 12.4. The lowest BCUT2D eigenvalue weighted by Crippen LogP contribution is -2.31. The van der Waals surface area contributed by atoms with E-state index in [0.29, 0.717) is 11.3 Å². The van der Waals surface area contributed by atoms with E-state index < -0.39 is 17.9 Å². The Hall–Kier alpha value is -3.55. The van der Waals surface area contributed by atoms with E-state index in [4.69, 9.17) is 15.2 Å². The number of hydrogen-bond donors (Lipinski definition) is 3. The fourth-order valence-electron chi connectivity index (χ4n) is 2.62. The molecule has 2 aromatic carbocycles. The van der Waals surface area contributed by atoms with E-state index in [1.54, 1.807) is 12.1 Å². The molecule has 0 saturated heterocycles. The van der Waals surface area contributed by atoms with E-state index >= 15 is 0 Å². The molecule has 0 saturated carbocycles. The molecular weight excluding hydrogens is 364 g/mol. The zero-order valence-corrected chi connectivity index (χ0v) is 15.4. The Morgan fingerprint density at radius 1 is 1.11 bits per heavy atom. The number of nitrogens with two attached hydrogens (primary N) is 1. The fourth-order valence-corrected chi connectivity index (χ4v) is 2.62. The number of primary amides is 1. The number of hydrogen-bond acceptors (Lipinski definition) is 5. The molecule has 0 aliphatic rings. The van der Waals surface area contributed by atoms with Crippen molar-refractivity contribution >= 4 is 17.8 Å². The van der Waals surface area contributed by atoms with Crippen molar-refractivity contribution in [1.82, 2.24) is 5.32 Å². The highest BCUT2D eigenvalue weighted by Gasteiger charge is 2.20. The van der Waals surface area contributed by atoms with Crippen LogP contribution in [-0.2, 0) is 20.8 Å². The number of carboxylic acids is 1. The van der Waals surface area contributed by atoms with Crippen LogP contribution >= 0.6 is 0 Å². The first-order valence-electron chi connectivity index (χ1n) is 8.53. The Kier molecular flexibility index (Phi) is 7.38. The third-order valence-corrected chi connectivity index (χ3v) is 3.88. The van der Waals surface area contributed by atoms with Gasteiger partial charge in [-0.3, -0.25) is 14.4 Å². The van der Waals surface area contributed by atoms with Crippen molar-refractivity contribution in [2.24, 2.45) is 5.73 Å². The van der Waals surface area contributed by atoms with Crippen LogP contribution in [0.1, 0.15) is 23.6 Å². The van der Waals surface area contributed by atoms with E-state index in [2.05, 4.69) is 5.32 Å². The van der Waals surface area contributed by atoms with Crippen LogP contribution in [0.5, 0.6) is 11.5 Å². The predicted octanol–water partition coefficient (Wildman–Crippen LogP) is 1.43. The largest absolute Gasteiger partial charge is 0.493 e. The van der Waals surface area contributed by atoms with Crippen LogP contribution in [0.15, 0.2) is 48.5 Å². The highest BCUT2D eigenvalue weighted by atomic mass is 16.5. The summed E-state index contributed by atoms with van der Waals surface area (Å²) in [5, 5.41) is 12.0. The van der Waals surface area contributed by atoms with Crippen LogP contribution in [0.25, 0.3) is 0 Å². The molecule has 8 heteroatoms. The zero-order valence-electron chi connectivity index (χ0n) is 15.4. The SMILES string of the molecule is COc1cc([C@@H](CC(=O)O)NC(=O)Cc2ccccc2)ccc1OCC(N)=O. The number of benzene rings is 2. The van der Waals surface area contributed by atoms with Gasteiger partial charge in [-0.25, -0.2) is 0 Å². The average molecular weight is 386 g/mol. The molecule has 0 unspecified atom stereocenters. The Labute approximate surface area is 162 Å². The quantitative estimate of drug-likeness (QED) is 0.567. The number of amides is 2. The third-order valence-electron chi connectivity index (χ3n) is 3.88. The van der Waals surface area contributed by atoms with Crippen molar-refractivity contribution in [2.75, 3.05) is 13.7 Å². The van der Waals surface area contributed by atoms with E-state index in [0.717, 1.165) is 5.56 Å². The van der Waals surface area contributed by atoms with Gasteiger partial charge in [0.15, 0.2) is 18.1 Å². The van der Waals surface area contributed by atoms with Gasteiger partial charge in [-0.1, -0.05) is 36.4 Å². The van der Waals surface area contributed by atoms with Crippen molar-refractivity contribution in [2.45, 2.75) is 18.9 Å². The molecule has 1 atom stereocenters. The van der Waals surface area contributed by atoms with Gasteiger partial charge in [0.1, 0.15) is 0 Å². The lowest BCUT2D eigenvalue weighted by Gasteiger charge is -2.19. The van der Waals surface area contributed by atoms with Crippen LogP contribution in [0.3, 0.4) is 0 Å². The highest BCUT2D eigenvalue weighted by molar-refractivity contribution is 5.80. The highest BCUT2D eigenvalue weighted by Crippen LogP contribution is 2.31. The first-order chi connectivity index (χ1) is 13.4. The Balaban J connectivity index is 2.18. The number of ether oxygens (including phenoxy) is 2. The summed E-state index contributed by atoms with van der Waals surface area (Å²) in [7, 11) is 1.41. The summed E-state index contributed by atoms with van der Waals surface area (Å²) in [6, 6.07) is 13.1. The van der Waals surface area contributed by atoms with Gasteiger partial charge in [0.2, 0.25) is 5.91 Å². The summed E-state index contributed by atoms with van der Waals surface area (Å²) in [5.41, 5.74) is 6.42. The van der Waals surface area contributed by atoms with Crippen molar-refractivity contribution in [3.8, 4) is 11.5 Å². The first-order valence-corrected chi connectivity index (χ1v) is 8.53. The van der Waals surface area contributed by atoms with Crippen LogP contribution in [0.4, 0.5) is 0 Å². The molecule has 0 radical (unpaired) electrons. The van der Waals surface area contributed by atoms with E-state index in [1.807, 2.05) is 30.3 Å². The third kappa shape index (κ3) is 6.31. The summed E-state index contributed by atoms with van der Waals surface area (Å²) in [5.74, 6) is -1.41. The maximum absolute atomic E-state index is 12.4. The van der Waals surface area contributed by atoms with Gasteiger partial charge in [0.05, 0.1) is 26.0 Å². The molecule has 2 rings (SSSR count). The monoisotopic (exact) mass is 386 g/mol. The number of nitrogens with one attached hydrogen (secondary N) is 1. The van der Waals surface area contributed by atoms with E-state index in [9.17, 15) is 19.5 Å². The minimum atomic E-state index is -1.06. The van der Waals surface area contributed by atoms with Gasteiger partial charge in [-0.05, 0) is 23.3 Å². The fraction of sp³-hybridized carbons (Fsp3) is 0.250. The van der Waals surface area contributed by atoms with Gasteiger partial charge >= 0.3 is 5.97 Å². The summed E-state index contributed by atoms with van der Waals surface area (Å²) in [6.45, 7) is -0.317. The molecule has 0 aliphatic heterocycles. The number of carboxylic acid groups (broad SMARTS) is 1. The number of carbonyl (C=O) groups excluding carboxylic acids is 2. The molecule has 2 aromatic rings. The molecule has 0 aromatic heterocycles. The average Bonchev–Trinajstić information content (AvgIpc) is 2.66. The van der Waals surface area contributed by atoms with Crippen LogP contribution in [-0.4, -0.2) is 36.6 Å². The van der Waals surface area contributed by atoms with Crippen LogP contribution < -0.4 is 20.5 Å². The Morgan fingerprint density at radius 3 is 2.43 bits per heavy atom. The van der Waals surface area contributed by atoms with Gasteiger partial charge in [0.25, 0.3) is 5.91 Å². The summed E-state index contributed by atoms with van der Waals surface area (Å²) in [4.78, 5) is 34.5. The molecule has 0 aliphatic carbocycles. The summed E-state index contributed by atoms with van der Waals surface area (Å²) >= 11 is 0. The lowest BCUT2D eigenvalue weighted by atomic mass is 10.0. The Bertz CT molecular complexity index is 838. The molecule has 2 amide bonds. The van der Waals surface area contributed by atoms with Gasteiger partial charge in [-0.2, -0.15) is 0 Å². The topological polar surface area (TPSA) is 128 Å². The van der Waals surface area contributed by atoms with Gasteiger partial charge in [-0.15, -0.1) is 0 Å². The second-order valence-corrected chi connectivity index (χ2v) is 6.05. The number of rotatable bonds is 10. The maximum Gasteiger partial charge on any atom is 0.305 e. The molecule has 8 nitrogen and oxygen atoms in total. The summed E-state index contributed by atoms with van der Waals surface area (Å²) < 4.78 is 10.5. The summed E-state index contributed by atoms with van der Waals surface area (Å²) in [6.07, 6.45) is -0.168. The smallest absolute Gasteiger partial charge is 0.305 e. The molecule has 0 spiro atoms. The Morgan fingerprint density at radius 2 is 1.82 bits per heavy atom. The predicted molar refractivity (Wildman–Crippen MR) is 101 cm³/mol. The number of aliphatic carboxylic acids is 1. The first kappa shape index (κ1) is 20.8. The molecule has 28 heavy (non-hydrogen) atoms. The molecular formula is C20H22N2O6. The van der Waals surface area contributed by atoms with Gasteiger partial charge < -0.3 is 25.6 Å². The number of carbonyl (C=O) groups is 3.